The Bertz CT molecular complexity index is 651. The number of nitrogens with one attached hydrogen (secondary N) is 1. The quantitative estimate of drug-likeness (QED) is 0.645. The molecule has 2 rings (SSSR count). The molecule has 6 nitrogen and oxygen atoms in total. The SMILES string of the molecule is N#CCCN(C(=O)c1ccnc(NN)c1)c1ccccc1. The maximum absolute atomic E-state index is 12.6. The number of rotatable bonds is 5. The van der Waals surface area contributed by atoms with E-state index in [1.165, 1.54) is 6.20 Å². The molecule has 3 N–H and O–H groups in total. The number of hydrazine groups is 1. The molecule has 0 fully saturated rings. The molecule has 0 bridgehead atoms. The van der Waals surface area contributed by atoms with Crippen LogP contribution in [-0.4, -0.2) is 17.4 Å². The maximum atomic E-state index is 12.6. The summed E-state index contributed by atoms with van der Waals surface area (Å²) in [5, 5.41) is 8.77. The Morgan fingerprint density at radius 1 is 1.33 bits per heavy atom. The Labute approximate surface area is 122 Å². The average Bonchev–Trinajstić information content (AvgIpc) is 2.56. The molecule has 21 heavy (non-hydrogen) atoms. The monoisotopic (exact) mass is 281 g/mol. The summed E-state index contributed by atoms with van der Waals surface area (Å²) in [6, 6.07) is 14.5. The second-order valence-corrected chi connectivity index (χ2v) is 4.27. The van der Waals surface area contributed by atoms with Crippen LogP contribution in [0.5, 0.6) is 0 Å². The number of nitrogens with two attached hydrogens (primary N) is 1. The first-order valence-electron chi connectivity index (χ1n) is 6.43. The molecule has 2 aromatic rings. The van der Waals surface area contributed by atoms with Crippen LogP contribution in [0.2, 0.25) is 0 Å². The smallest absolute Gasteiger partial charge is 0.258 e. The summed E-state index contributed by atoms with van der Waals surface area (Å²) in [6.07, 6.45) is 1.77. The number of benzene rings is 1. The lowest BCUT2D eigenvalue weighted by molar-refractivity contribution is 0.0987. The number of hydrogen-bond donors (Lipinski definition) is 2. The fourth-order valence-electron chi connectivity index (χ4n) is 1.92. The molecule has 0 atom stereocenters. The highest BCUT2D eigenvalue weighted by Gasteiger charge is 2.17. The molecule has 0 saturated heterocycles. The van der Waals surface area contributed by atoms with Crippen molar-refractivity contribution >= 4 is 17.4 Å². The van der Waals surface area contributed by atoms with Crippen molar-refractivity contribution in [2.45, 2.75) is 6.42 Å². The van der Waals surface area contributed by atoms with Gasteiger partial charge in [0.05, 0.1) is 12.5 Å². The number of amides is 1. The zero-order valence-corrected chi connectivity index (χ0v) is 11.4. The number of pyridine rings is 1. The molecule has 0 saturated carbocycles. The first-order chi connectivity index (χ1) is 10.3. The van der Waals surface area contributed by atoms with Crippen LogP contribution in [0, 0.1) is 11.3 Å². The van der Waals surface area contributed by atoms with E-state index < -0.39 is 0 Å². The summed E-state index contributed by atoms with van der Waals surface area (Å²) in [4.78, 5) is 18.2. The third kappa shape index (κ3) is 3.55. The van der Waals surface area contributed by atoms with Gasteiger partial charge in [0, 0.05) is 24.0 Å². The normalized spacial score (nSPS) is 9.71. The molecule has 1 aromatic carbocycles. The van der Waals surface area contributed by atoms with Crippen LogP contribution >= 0.6 is 0 Å². The molecule has 0 aliphatic rings. The molecule has 0 spiro atoms. The van der Waals surface area contributed by atoms with Gasteiger partial charge in [0.2, 0.25) is 0 Å². The van der Waals surface area contributed by atoms with Gasteiger partial charge >= 0.3 is 0 Å². The van der Waals surface area contributed by atoms with Gasteiger partial charge in [-0.15, -0.1) is 0 Å². The maximum Gasteiger partial charge on any atom is 0.258 e. The van der Waals surface area contributed by atoms with E-state index in [2.05, 4.69) is 16.5 Å². The first-order valence-corrected chi connectivity index (χ1v) is 6.43. The Hall–Kier alpha value is -2.91. The number of hydrogen-bond acceptors (Lipinski definition) is 5. The van der Waals surface area contributed by atoms with Crippen molar-refractivity contribution in [3.05, 3.63) is 54.2 Å². The van der Waals surface area contributed by atoms with Crippen molar-refractivity contribution in [2.24, 2.45) is 5.84 Å². The third-order valence-corrected chi connectivity index (χ3v) is 2.92. The fraction of sp³-hybridized carbons (Fsp3) is 0.133. The van der Waals surface area contributed by atoms with Gasteiger partial charge in [-0.05, 0) is 24.3 Å². The van der Waals surface area contributed by atoms with Gasteiger partial charge in [0.1, 0.15) is 5.82 Å². The van der Waals surface area contributed by atoms with Gasteiger partial charge in [-0.2, -0.15) is 5.26 Å². The minimum Gasteiger partial charge on any atom is -0.308 e. The number of nitrogens with zero attached hydrogens (tertiary/aromatic N) is 3. The minimum absolute atomic E-state index is 0.199. The van der Waals surface area contributed by atoms with Gasteiger partial charge in [0.15, 0.2) is 0 Å². The highest BCUT2D eigenvalue weighted by molar-refractivity contribution is 6.06. The van der Waals surface area contributed by atoms with Crippen LogP contribution in [-0.2, 0) is 0 Å². The fourth-order valence-corrected chi connectivity index (χ4v) is 1.92. The van der Waals surface area contributed by atoms with Crippen molar-refractivity contribution in [3.8, 4) is 6.07 Å². The van der Waals surface area contributed by atoms with E-state index in [0.29, 0.717) is 17.9 Å². The van der Waals surface area contributed by atoms with Gasteiger partial charge in [-0.1, -0.05) is 18.2 Å². The molecule has 1 aromatic heterocycles. The van der Waals surface area contributed by atoms with Crippen molar-refractivity contribution in [2.75, 3.05) is 16.9 Å². The average molecular weight is 281 g/mol. The van der Waals surface area contributed by atoms with E-state index in [1.807, 2.05) is 30.3 Å². The highest BCUT2D eigenvalue weighted by Crippen LogP contribution is 2.18. The third-order valence-electron chi connectivity index (χ3n) is 2.92. The minimum atomic E-state index is -0.199. The summed E-state index contributed by atoms with van der Waals surface area (Å²) < 4.78 is 0. The number of nitrogen functional groups attached to an aromatic ring is 1. The van der Waals surface area contributed by atoms with E-state index in [9.17, 15) is 4.79 Å². The van der Waals surface area contributed by atoms with Gasteiger partial charge in [-0.25, -0.2) is 10.8 Å². The van der Waals surface area contributed by atoms with E-state index >= 15 is 0 Å². The summed E-state index contributed by atoms with van der Waals surface area (Å²) >= 11 is 0. The first kappa shape index (κ1) is 14.5. The van der Waals surface area contributed by atoms with Crippen LogP contribution in [0.25, 0.3) is 0 Å². The molecular weight excluding hydrogens is 266 g/mol. The number of para-hydroxylation sites is 1. The van der Waals surface area contributed by atoms with Crippen molar-refractivity contribution in [1.82, 2.24) is 4.98 Å². The zero-order chi connectivity index (χ0) is 15.1. The second-order valence-electron chi connectivity index (χ2n) is 4.27. The highest BCUT2D eigenvalue weighted by atomic mass is 16.2. The van der Waals surface area contributed by atoms with Crippen molar-refractivity contribution in [3.63, 3.8) is 0 Å². The molecule has 1 amide bonds. The number of carbonyl (C=O) groups is 1. The van der Waals surface area contributed by atoms with Crippen LogP contribution in [0.4, 0.5) is 11.5 Å². The largest absolute Gasteiger partial charge is 0.308 e. The molecule has 6 heteroatoms. The van der Waals surface area contributed by atoms with Crippen LogP contribution in [0.15, 0.2) is 48.7 Å². The number of aromatic nitrogens is 1. The van der Waals surface area contributed by atoms with Crippen molar-refractivity contribution in [1.29, 1.82) is 5.26 Å². The molecule has 0 unspecified atom stereocenters. The Kier molecular flexibility index (Phi) is 4.85. The number of anilines is 2. The Morgan fingerprint density at radius 3 is 2.76 bits per heavy atom. The zero-order valence-electron chi connectivity index (χ0n) is 11.4. The summed E-state index contributed by atoms with van der Waals surface area (Å²) in [6.45, 7) is 0.326. The molecule has 0 aliphatic carbocycles. The predicted octanol–water partition coefficient (Wildman–Crippen LogP) is 1.93. The lowest BCUT2D eigenvalue weighted by atomic mass is 10.2. The molecule has 0 radical (unpaired) electrons. The van der Waals surface area contributed by atoms with Crippen LogP contribution in [0.1, 0.15) is 16.8 Å². The lowest BCUT2D eigenvalue weighted by Gasteiger charge is -2.22. The molecule has 1 heterocycles. The Morgan fingerprint density at radius 2 is 2.10 bits per heavy atom. The van der Waals surface area contributed by atoms with Crippen LogP contribution in [0.3, 0.4) is 0 Å². The second kappa shape index (κ2) is 7.03. The van der Waals surface area contributed by atoms with E-state index in [4.69, 9.17) is 11.1 Å². The summed E-state index contributed by atoms with van der Waals surface area (Å²) in [5.41, 5.74) is 3.62. The number of carbonyl (C=O) groups excluding carboxylic acids is 1. The van der Waals surface area contributed by atoms with Gasteiger partial charge < -0.3 is 10.3 Å². The van der Waals surface area contributed by atoms with E-state index in [1.54, 1.807) is 17.0 Å². The molecule has 106 valence electrons. The van der Waals surface area contributed by atoms with Gasteiger partial charge in [0.25, 0.3) is 5.91 Å². The standard InChI is InChI=1S/C15H15N5O/c16-8-4-10-20(13-5-2-1-3-6-13)15(21)12-7-9-18-14(11-12)19-17/h1-3,5-7,9,11H,4,10,17H2,(H,18,19). The number of nitriles is 1. The van der Waals surface area contributed by atoms with Gasteiger partial charge in [-0.3, -0.25) is 4.79 Å². The molecule has 0 aliphatic heterocycles. The topological polar surface area (TPSA) is 95.0 Å². The molecular formula is C15H15N5O. The summed E-state index contributed by atoms with van der Waals surface area (Å²) in [5.74, 6) is 5.52. The lowest BCUT2D eigenvalue weighted by Crippen LogP contribution is -2.32. The summed E-state index contributed by atoms with van der Waals surface area (Å²) in [7, 11) is 0. The Balaban J connectivity index is 2.32. The van der Waals surface area contributed by atoms with Crippen LogP contribution < -0.4 is 16.2 Å². The predicted molar refractivity (Wildman–Crippen MR) is 80.4 cm³/mol. The van der Waals surface area contributed by atoms with E-state index in [0.717, 1.165) is 5.69 Å². The van der Waals surface area contributed by atoms with E-state index in [-0.39, 0.29) is 12.3 Å². The van der Waals surface area contributed by atoms with Crippen molar-refractivity contribution < 1.29 is 4.79 Å².